The maximum atomic E-state index is 12.0. The maximum Gasteiger partial charge on any atom is 0.242 e. The molecule has 23 heavy (non-hydrogen) atoms. The lowest BCUT2D eigenvalue weighted by Crippen LogP contribution is -2.47. The highest BCUT2D eigenvalue weighted by atomic mass is 16.2. The molecule has 2 rings (SSSR count). The summed E-state index contributed by atoms with van der Waals surface area (Å²) < 4.78 is 0. The lowest BCUT2D eigenvalue weighted by atomic mass is 10.1. The average molecular weight is 315 g/mol. The molecular weight excluding hydrogens is 290 g/mol. The molecule has 0 aliphatic heterocycles. The van der Waals surface area contributed by atoms with E-state index in [4.69, 9.17) is 0 Å². The van der Waals surface area contributed by atoms with E-state index in [9.17, 15) is 9.59 Å². The largest absolute Gasteiger partial charge is 0.361 e. The number of hydrogen-bond donors (Lipinski definition) is 3. The zero-order valence-corrected chi connectivity index (χ0v) is 14.0. The molecule has 2 aromatic rings. The molecule has 5 nitrogen and oxygen atoms in total. The first-order chi connectivity index (χ1) is 11.0. The van der Waals surface area contributed by atoms with Crippen LogP contribution in [0.5, 0.6) is 0 Å². The number of carbonyl (C=O) groups is 2. The van der Waals surface area contributed by atoms with E-state index in [2.05, 4.69) is 15.6 Å². The summed E-state index contributed by atoms with van der Waals surface area (Å²) in [4.78, 5) is 27.2. The van der Waals surface area contributed by atoms with Crippen molar-refractivity contribution in [3.8, 4) is 0 Å². The minimum atomic E-state index is -0.514. The Bertz CT molecular complexity index is 678. The highest BCUT2D eigenvalue weighted by Crippen LogP contribution is 2.18. The zero-order valence-electron chi connectivity index (χ0n) is 14.0. The summed E-state index contributed by atoms with van der Waals surface area (Å²) in [6.07, 6.45) is 3.82. The van der Waals surface area contributed by atoms with Crippen LogP contribution in [-0.4, -0.2) is 28.9 Å². The van der Waals surface area contributed by atoms with Crippen LogP contribution < -0.4 is 10.6 Å². The third kappa shape index (κ3) is 4.58. The standard InChI is InChI=1S/C18H25N3O2/c1-4-12(2)20-18(23)13(3)21-17(22)10-9-14-11-19-16-8-6-5-7-15(14)16/h5-8,11-13,19H,4,9-10H2,1-3H3,(H,20,23)(H,21,22)/t12-,13+/m1/s1. The Balaban J connectivity index is 1.84. The number of rotatable bonds is 7. The van der Waals surface area contributed by atoms with Crippen molar-refractivity contribution >= 4 is 22.7 Å². The summed E-state index contributed by atoms with van der Waals surface area (Å²) in [5.41, 5.74) is 2.19. The van der Waals surface area contributed by atoms with Crippen molar-refractivity contribution in [3.63, 3.8) is 0 Å². The normalized spacial score (nSPS) is 13.5. The highest BCUT2D eigenvalue weighted by molar-refractivity contribution is 5.88. The van der Waals surface area contributed by atoms with Crippen molar-refractivity contribution < 1.29 is 9.59 Å². The van der Waals surface area contributed by atoms with Crippen molar-refractivity contribution in [1.82, 2.24) is 15.6 Å². The van der Waals surface area contributed by atoms with E-state index in [1.54, 1.807) is 6.92 Å². The third-order valence-electron chi connectivity index (χ3n) is 4.07. The summed E-state index contributed by atoms with van der Waals surface area (Å²) in [6, 6.07) is 7.63. The molecule has 0 fully saturated rings. The smallest absolute Gasteiger partial charge is 0.242 e. The Morgan fingerprint density at radius 3 is 2.65 bits per heavy atom. The molecule has 1 heterocycles. The van der Waals surface area contributed by atoms with E-state index in [-0.39, 0.29) is 17.9 Å². The Kier molecular flexibility index (Phi) is 5.79. The van der Waals surface area contributed by atoms with Gasteiger partial charge in [-0.25, -0.2) is 0 Å². The Hall–Kier alpha value is -2.30. The second-order valence-corrected chi connectivity index (χ2v) is 5.97. The maximum absolute atomic E-state index is 12.0. The van der Waals surface area contributed by atoms with Crippen molar-refractivity contribution in [2.45, 2.75) is 52.1 Å². The molecule has 3 N–H and O–H groups in total. The van der Waals surface area contributed by atoms with Gasteiger partial charge in [0.25, 0.3) is 0 Å². The van der Waals surface area contributed by atoms with Crippen LogP contribution in [-0.2, 0) is 16.0 Å². The summed E-state index contributed by atoms with van der Waals surface area (Å²) >= 11 is 0. The van der Waals surface area contributed by atoms with Crippen LogP contribution in [0.25, 0.3) is 10.9 Å². The number of hydrogen-bond acceptors (Lipinski definition) is 2. The first kappa shape index (κ1) is 17.1. The van der Waals surface area contributed by atoms with Crippen molar-refractivity contribution in [1.29, 1.82) is 0 Å². The molecule has 0 aliphatic carbocycles. The molecule has 5 heteroatoms. The van der Waals surface area contributed by atoms with Crippen LogP contribution >= 0.6 is 0 Å². The fourth-order valence-corrected chi connectivity index (χ4v) is 2.44. The summed E-state index contributed by atoms with van der Waals surface area (Å²) in [5, 5.41) is 6.77. The van der Waals surface area contributed by atoms with Crippen LogP contribution in [0, 0.1) is 0 Å². The molecule has 1 aromatic heterocycles. The number of carbonyl (C=O) groups excluding carboxylic acids is 2. The number of aryl methyl sites for hydroxylation is 1. The number of H-pyrrole nitrogens is 1. The number of fused-ring (bicyclic) bond motifs is 1. The molecular formula is C18H25N3O2. The molecule has 0 unspecified atom stereocenters. The lowest BCUT2D eigenvalue weighted by molar-refractivity contribution is -0.128. The average Bonchev–Trinajstić information content (AvgIpc) is 2.95. The lowest BCUT2D eigenvalue weighted by Gasteiger charge is -2.17. The fourth-order valence-electron chi connectivity index (χ4n) is 2.44. The van der Waals surface area contributed by atoms with E-state index in [0.717, 1.165) is 22.9 Å². The van der Waals surface area contributed by atoms with Gasteiger partial charge >= 0.3 is 0 Å². The number of aromatic amines is 1. The van der Waals surface area contributed by atoms with Gasteiger partial charge in [-0.1, -0.05) is 25.1 Å². The van der Waals surface area contributed by atoms with Gasteiger partial charge in [-0.05, 0) is 38.3 Å². The predicted molar refractivity (Wildman–Crippen MR) is 92.1 cm³/mol. The second kappa shape index (κ2) is 7.81. The number of nitrogens with one attached hydrogen (secondary N) is 3. The van der Waals surface area contributed by atoms with E-state index in [0.29, 0.717) is 12.8 Å². The predicted octanol–water partition coefficient (Wildman–Crippen LogP) is 2.52. The van der Waals surface area contributed by atoms with Crippen LogP contribution in [0.4, 0.5) is 0 Å². The van der Waals surface area contributed by atoms with Crippen molar-refractivity contribution in [2.75, 3.05) is 0 Å². The molecule has 2 amide bonds. The molecule has 2 atom stereocenters. The quantitative estimate of drug-likeness (QED) is 0.734. The van der Waals surface area contributed by atoms with Gasteiger partial charge in [0.05, 0.1) is 0 Å². The summed E-state index contributed by atoms with van der Waals surface area (Å²) in [6.45, 7) is 5.67. The van der Waals surface area contributed by atoms with Gasteiger partial charge in [-0.2, -0.15) is 0 Å². The molecule has 0 saturated carbocycles. The van der Waals surface area contributed by atoms with Gasteiger partial charge < -0.3 is 15.6 Å². The van der Waals surface area contributed by atoms with Gasteiger partial charge in [-0.3, -0.25) is 9.59 Å². The Morgan fingerprint density at radius 1 is 1.17 bits per heavy atom. The van der Waals surface area contributed by atoms with Crippen LogP contribution in [0.2, 0.25) is 0 Å². The molecule has 0 radical (unpaired) electrons. The van der Waals surface area contributed by atoms with Crippen LogP contribution in [0.1, 0.15) is 39.2 Å². The molecule has 0 saturated heterocycles. The summed E-state index contributed by atoms with van der Waals surface area (Å²) in [7, 11) is 0. The number of aromatic nitrogens is 1. The molecule has 0 spiro atoms. The van der Waals surface area contributed by atoms with E-state index in [1.165, 1.54) is 0 Å². The topological polar surface area (TPSA) is 74.0 Å². The SMILES string of the molecule is CC[C@@H](C)NC(=O)[C@H](C)NC(=O)CCc1c[nH]c2ccccc12. The van der Waals surface area contributed by atoms with E-state index < -0.39 is 6.04 Å². The molecule has 0 bridgehead atoms. The number of para-hydroxylation sites is 1. The minimum Gasteiger partial charge on any atom is -0.361 e. The van der Waals surface area contributed by atoms with E-state index in [1.807, 2.05) is 44.3 Å². The van der Waals surface area contributed by atoms with Crippen LogP contribution in [0.15, 0.2) is 30.5 Å². The number of amides is 2. The highest BCUT2D eigenvalue weighted by Gasteiger charge is 2.17. The Morgan fingerprint density at radius 2 is 1.91 bits per heavy atom. The first-order valence-electron chi connectivity index (χ1n) is 8.16. The Labute approximate surface area is 136 Å². The minimum absolute atomic E-state index is 0.109. The second-order valence-electron chi connectivity index (χ2n) is 5.97. The van der Waals surface area contributed by atoms with Gasteiger partial charge in [0.1, 0.15) is 6.04 Å². The first-order valence-corrected chi connectivity index (χ1v) is 8.16. The molecule has 0 aliphatic rings. The van der Waals surface area contributed by atoms with E-state index >= 15 is 0 Å². The van der Waals surface area contributed by atoms with Crippen LogP contribution in [0.3, 0.4) is 0 Å². The monoisotopic (exact) mass is 315 g/mol. The zero-order chi connectivity index (χ0) is 16.8. The number of benzene rings is 1. The van der Waals surface area contributed by atoms with Crippen molar-refractivity contribution in [2.24, 2.45) is 0 Å². The third-order valence-corrected chi connectivity index (χ3v) is 4.07. The van der Waals surface area contributed by atoms with Gasteiger partial charge in [0, 0.05) is 29.6 Å². The van der Waals surface area contributed by atoms with Gasteiger partial charge in [0.2, 0.25) is 11.8 Å². The molecule has 124 valence electrons. The van der Waals surface area contributed by atoms with Gasteiger partial charge in [0.15, 0.2) is 0 Å². The fraction of sp³-hybridized carbons (Fsp3) is 0.444. The molecule has 1 aromatic carbocycles. The van der Waals surface area contributed by atoms with Gasteiger partial charge in [-0.15, -0.1) is 0 Å². The van der Waals surface area contributed by atoms with Crippen molar-refractivity contribution in [3.05, 3.63) is 36.0 Å². The summed E-state index contributed by atoms with van der Waals surface area (Å²) in [5.74, 6) is -0.248.